The Kier molecular flexibility index (Phi) is 3.68. The highest BCUT2D eigenvalue weighted by atomic mass is 32.1. The van der Waals surface area contributed by atoms with Crippen molar-refractivity contribution in [1.82, 2.24) is 0 Å². The summed E-state index contributed by atoms with van der Waals surface area (Å²) in [6.07, 6.45) is -10.3. The molecule has 1 aromatic heterocycles. The molecule has 20 heavy (non-hydrogen) atoms. The van der Waals surface area contributed by atoms with Gasteiger partial charge in [-0.3, -0.25) is 0 Å². The molecule has 0 atom stereocenters. The van der Waals surface area contributed by atoms with Gasteiger partial charge in [-0.05, 0) is 24.3 Å². The first-order chi connectivity index (χ1) is 9.19. The third-order valence-corrected chi connectivity index (χ3v) is 2.95. The minimum atomic E-state index is -5.18. The highest BCUT2D eigenvalue weighted by Gasteiger charge is 2.45. The number of halogens is 6. The molecule has 0 N–H and O–H groups in total. The van der Waals surface area contributed by atoms with Gasteiger partial charge in [-0.15, -0.1) is 0 Å². The van der Waals surface area contributed by atoms with E-state index in [1.165, 1.54) is 12.1 Å². The largest absolute Gasteiger partial charge is 0.446 e. The van der Waals surface area contributed by atoms with Gasteiger partial charge in [-0.25, -0.2) is 0 Å². The molecule has 2 rings (SSSR count). The second-order valence-electron chi connectivity index (χ2n) is 3.65. The Balaban J connectivity index is 2.57. The Morgan fingerprint density at radius 1 is 0.950 bits per heavy atom. The van der Waals surface area contributed by atoms with Crippen molar-refractivity contribution in [3.05, 3.63) is 46.8 Å². The van der Waals surface area contributed by atoms with Gasteiger partial charge in [0.15, 0.2) is 5.06 Å². The second kappa shape index (κ2) is 5.01. The molecule has 0 bridgehead atoms. The van der Waals surface area contributed by atoms with Crippen LogP contribution >= 0.6 is 11.3 Å². The third kappa shape index (κ3) is 3.06. The Morgan fingerprint density at radius 3 is 2.15 bits per heavy atom. The lowest BCUT2D eigenvalue weighted by Gasteiger charge is -2.18. The van der Waals surface area contributed by atoms with E-state index in [1.54, 1.807) is 0 Å². The summed E-state index contributed by atoms with van der Waals surface area (Å²) in [5.41, 5.74) is -3.61. The summed E-state index contributed by atoms with van der Waals surface area (Å²) < 4.78 is 81.6. The topological polar surface area (TPSA) is 9.23 Å². The molecule has 0 saturated carbocycles. The van der Waals surface area contributed by atoms with E-state index >= 15 is 0 Å². The lowest BCUT2D eigenvalue weighted by atomic mass is 10.1. The molecule has 0 saturated heterocycles. The SMILES string of the molecule is FC(F)(F)c1cccc(Oc2cc[c]s2)c1C(F)(F)F. The van der Waals surface area contributed by atoms with Crippen LogP contribution in [0.2, 0.25) is 0 Å². The summed E-state index contributed by atoms with van der Waals surface area (Å²) in [5.74, 6) is -0.886. The smallest absolute Gasteiger partial charge is 0.420 e. The maximum absolute atomic E-state index is 12.9. The fourth-order valence-electron chi connectivity index (χ4n) is 1.54. The van der Waals surface area contributed by atoms with Crippen molar-refractivity contribution in [3.8, 4) is 10.8 Å². The molecule has 0 aliphatic rings. The molecule has 2 aromatic rings. The second-order valence-corrected chi connectivity index (χ2v) is 4.49. The van der Waals surface area contributed by atoms with E-state index < -0.39 is 29.2 Å². The van der Waals surface area contributed by atoms with Crippen molar-refractivity contribution in [2.45, 2.75) is 12.4 Å². The predicted molar refractivity (Wildman–Crippen MR) is 59.7 cm³/mol. The Morgan fingerprint density at radius 2 is 1.65 bits per heavy atom. The molecule has 0 amide bonds. The highest BCUT2D eigenvalue weighted by molar-refractivity contribution is 7.11. The van der Waals surface area contributed by atoms with Crippen molar-refractivity contribution in [3.63, 3.8) is 0 Å². The predicted octanol–water partition coefficient (Wildman–Crippen LogP) is 5.38. The summed E-state index contributed by atoms with van der Waals surface area (Å²) in [7, 11) is 0. The molecule has 1 radical (unpaired) electrons. The number of alkyl halides is 6. The maximum atomic E-state index is 12.9. The first-order valence-electron chi connectivity index (χ1n) is 5.11. The zero-order valence-corrected chi connectivity index (χ0v) is 10.3. The normalized spacial score (nSPS) is 12.5. The van der Waals surface area contributed by atoms with E-state index in [2.05, 4.69) is 5.38 Å². The van der Waals surface area contributed by atoms with Gasteiger partial charge in [0.1, 0.15) is 11.3 Å². The zero-order chi connectivity index (χ0) is 15.0. The lowest BCUT2D eigenvalue weighted by molar-refractivity contribution is -0.162. The van der Waals surface area contributed by atoms with Crippen LogP contribution in [0.15, 0.2) is 30.3 Å². The van der Waals surface area contributed by atoms with Crippen LogP contribution in [0.3, 0.4) is 0 Å². The highest BCUT2D eigenvalue weighted by Crippen LogP contribution is 2.46. The fraction of sp³-hybridized carbons (Fsp3) is 0.167. The van der Waals surface area contributed by atoms with Gasteiger partial charge in [0, 0.05) is 5.38 Å². The van der Waals surface area contributed by atoms with Gasteiger partial charge in [0.25, 0.3) is 0 Å². The van der Waals surface area contributed by atoms with Crippen LogP contribution in [0, 0.1) is 5.38 Å². The molecule has 107 valence electrons. The van der Waals surface area contributed by atoms with E-state index in [9.17, 15) is 26.3 Å². The van der Waals surface area contributed by atoms with Crippen LogP contribution in [0.5, 0.6) is 10.8 Å². The summed E-state index contributed by atoms with van der Waals surface area (Å²) in [5, 5.41) is 2.59. The Hall–Kier alpha value is -1.70. The van der Waals surface area contributed by atoms with Crippen molar-refractivity contribution >= 4 is 11.3 Å². The van der Waals surface area contributed by atoms with Crippen LogP contribution in [0.25, 0.3) is 0 Å². The molecular weight excluding hydrogens is 306 g/mol. The summed E-state index contributed by atoms with van der Waals surface area (Å²) in [6, 6.07) is 4.78. The number of rotatable bonds is 2. The number of ether oxygens (including phenoxy) is 1. The van der Waals surface area contributed by atoms with Gasteiger partial charge < -0.3 is 4.74 Å². The van der Waals surface area contributed by atoms with Crippen LogP contribution in [0.4, 0.5) is 26.3 Å². The number of thiophene rings is 1. The summed E-state index contributed by atoms with van der Waals surface area (Å²) in [6.45, 7) is 0. The fourth-order valence-corrected chi connectivity index (χ4v) is 2.06. The van der Waals surface area contributed by atoms with Gasteiger partial charge in [0.05, 0.1) is 5.56 Å². The number of benzene rings is 1. The van der Waals surface area contributed by atoms with E-state index in [-0.39, 0.29) is 5.06 Å². The standard InChI is InChI=1S/C12H5F6OS/c13-11(14,15)7-3-1-4-8(10(7)12(16,17)18)19-9-5-2-6-20-9/h1-5H. The van der Waals surface area contributed by atoms with Gasteiger partial charge in [-0.2, -0.15) is 26.3 Å². The zero-order valence-electron chi connectivity index (χ0n) is 9.47. The third-order valence-electron chi connectivity index (χ3n) is 2.27. The molecule has 1 heterocycles. The Labute approximate surface area is 113 Å². The maximum Gasteiger partial charge on any atom is 0.420 e. The minimum Gasteiger partial charge on any atom is -0.446 e. The van der Waals surface area contributed by atoms with Crippen molar-refractivity contribution in [1.29, 1.82) is 0 Å². The molecule has 1 aromatic carbocycles. The van der Waals surface area contributed by atoms with Gasteiger partial charge in [-0.1, -0.05) is 17.4 Å². The number of hydrogen-bond donors (Lipinski definition) is 0. The first-order valence-corrected chi connectivity index (χ1v) is 5.92. The van der Waals surface area contributed by atoms with Gasteiger partial charge in [0.2, 0.25) is 0 Å². The molecular formula is C12H5F6OS. The van der Waals surface area contributed by atoms with E-state index in [1.807, 2.05) is 0 Å². The average Bonchev–Trinajstić information content (AvgIpc) is 2.79. The summed E-state index contributed by atoms with van der Waals surface area (Å²) >= 11 is 0.855. The van der Waals surface area contributed by atoms with E-state index in [0.29, 0.717) is 6.07 Å². The lowest BCUT2D eigenvalue weighted by Crippen LogP contribution is -2.17. The van der Waals surface area contributed by atoms with Gasteiger partial charge >= 0.3 is 12.4 Å². The molecule has 0 aliphatic heterocycles. The summed E-state index contributed by atoms with van der Waals surface area (Å²) in [4.78, 5) is 0. The average molecular weight is 311 g/mol. The molecule has 0 aliphatic carbocycles. The molecule has 1 nitrogen and oxygen atoms in total. The van der Waals surface area contributed by atoms with Crippen LogP contribution < -0.4 is 4.74 Å². The first kappa shape index (κ1) is 14.7. The molecule has 0 unspecified atom stereocenters. The van der Waals surface area contributed by atoms with Crippen molar-refractivity contribution in [2.75, 3.05) is 0 Å². The van der Waals surface area contributed by atoms with Crippen molar-refractivity contribution < 1.29 is 31.1 Å². The van der Waals surface area contributed by atoms with Crippen LogP contribution in [0.1, 0.15) is 11.1 Å². The molecule has 0 spiro atoms. The monoisotopic (exact) mass is 311 g/mol. The molecule has 0 fully saturated rings. The van der Waals surface area contributed by atoms with E-state index in [0.717, 1.165) is 23.5 Å². The van der Waals surface area contributed by atoms with Crippen LogP contribution in [-0.2, 0) is 12.4 Å². The Bertz CT molecular complexity index is 585. The van der Waals surface area contributed by atoms with Crippen LogP contribution in [-0.4, -0.2) is 0 Å². The minimum absolute atomic E-state index is 0.0230. The number of hydrogen-bond acceptors (Lipinski definition) is 2. The van der Waals surface area contributed by atoms with E-state index in [4.69, 9.17) is 4.74 Å². The quantitative estimate of drug-likeness (QED) is 0.677. The van der Waals surface area contributed by atoms with Crippen molar-refractivity contribution in [2.24, 2.45) is 0 Å². The molecule has 8 heteroatoms.